The van der Waals surface area contributed by atoms with E-state index in [-0.39, 0.29) is 4.90 Å². The number of benzene rings is 2. The summed E-state index contributed by atoms with van der Waals surface area (Å²) in [6, 6.07) is 9.34. The molecule has 27 heavy (non-hydrogen) atoms. The summed E-state index contributed by atoms with van der Waals surface area (Å²) in [5.41, 5.74) is 0.445. The summed E-state index contributed by atoms with van der Waals surface area (Å²) in [4.78, 5) is 4.28. The molecule has 0 saturated heterocycles. The molecule has 0 spiro atoms. The average Bonchev–Trinajstić information content (AvgIpc) is 3.05. The van der Waals surface area contributed by atoms with E-state index in [1.165, 1.54) is 37.4 Å². The van der Waals surface area contributed by atoms with Crippen LogP contribution in [0.2, 0.25) is 0 Å². The number of aryl methyl sites for hydroxylation is 1. The minimum atomic E-state index is -3.92. The number of hydrogen-bond donors (Lipinski definition) is 1. The van der Waals surface area contributed by atoms with Crippen molar-refractivity contribution in [1.82, 2.24) is 14.3 Å². The molecule has 1 heterocycles. The molecule has 0 radical (unpaired) electrons. The topological polar surface area (TPSA) is 73.2 Å². The van der Waals surface area contributed by atoms with E-state index in [1.54, 1.807) is 36.1 Å². The summed E-state index contributed by atoms with van der Waals surface area (Å²) >= 11 is 3.29. The first-order valence-corrected chi connectivity index (χ1v) is 10.2. The van der Waals surface area contributed by atoms with Gasteiger partial charge in [0.15, 0.2) is 0 Å². The van der Waals surface area contributed by atoms with Crippen LogP contribution in [0.5, 0.6) is 5.75 Å². The van der Waals surface area contributed by atoms with E-state index in [0.29, 0.717) is 21.6 Å². The smallest absolute Gasteiger partial charge is 0.241 e. The summed E-state index contributed by atoms with van der Waals surface area (Å²) in [5, 5.41) is 0. The zero-order valence-electron chi connectivity index (χ0n) is 14.6. The summed E-state index contributed by atoms with van der Waals surface area (Å²) in [6.07, 6.45) is 3.25. The molecule has 1 N–H and O–H groups in total. The van der Waals surface area contributed by atoms with Gasteiger partial charge in [0.1, 0.15) is 23.4 Å². The summed E-state index contributed by atoms with van der Waals surface area (Å²) in [7, 11) is -0.686. The second-order valence-electron chi connectivity index (χ2n) is 5.80. The number of methoxy groups -OCH3 is 1. The van der Waals surface area contributed by atoms with Crippen LogP contribution < -0.4 is 9.46 Å². The van der Waals surface area contributed by atoms with E-state index in [2.05, 4.69) is 25.6 Å². The predicted molar refractivity (Wildman–Crippen MR) is 102 cm³/mol. The van der Waals surface area contributed by atoms with Crippen LogP contribution in [0.15, 0.2) is 64.2 Å². The van der Waals surface area contributed by atoms with Gasteiger partial charge in [-0.25, -0.2) is 17.8 Å². The highest BCUT2D eigenvalue weighted by atomic mass is 79.9. The monoisotopic (exact) mass is 453 g/mol. The Hall–Kier alpha value is -2.23. The van der Waals surface area contributed by atoms with Crippen LogP contribution in [0, 0.1) is 5.82 Å². The van der Waals surface area contributed by atoms with Gasteiger partial charge in [-0.3, -0.25) is 0 Å². The molecule has 1 aromatic heterocycles. The lowest BCUT2D eigenvalue weighted by Crippen LogP contribution is -2.31. The van der Waals surface area contributed by atoms with E-state index in [0.717, 1.165) is 0 Å². The first-order chi connectivity index (χ1) is 12.8. The van der Waals surface area contributed by atoms with Crippen LogP contribution in [0.4, 0.5) is 4.39 Å². The Morgan fingerprint density at radius 2 is 2.04 bits per heavy atom. The molecule has 0 aliphatic heterocycles. The number of hydrogen-bond acceptors (Lipinski definition) is 4. The number of aromatic nitrogens is 2. The number of rotatable bonds is 6. The molecule has 0 aliphatic carbocycles. The summed E-state index contributed by atoms with van der Waals surface area (Å²) in [5.74, 6) is 0.495. The average molecular weight is 454 g/mol. The molecule has 1 atom stereocenters. The van der Waals surface area contributed by atoms with Gasteiger partial charge in [-0.05, 0) is 51.8 Å². The number of halogens is 2. The van der Waals surface area contributed by atoms with Gasteiger partial charge in [0.2, 0.25) is 10.0 Å². The maximum atomic E-state index is 13.7. The minimum absolute atomic E-state index is 0.0470. The molecule has 3 rings (SSSR count). The number of nitrogens with zero attached hydrogens (tertiary/aromatic N) is 2. The maximum absolute atomic E-state index is 13.7. The second-order valence-corrected chi connectivity index (χ2v) is 8.37. The lowest BCUT2D eigenvalue weighted by Gasteiger charge is -2.19. The first-order valence-electron chi connectivity index (χ1n) is 7.90. The highest BCUT2D eigenvalue weighted by Gasteiger charge is 2.26. The van der Waals surface area contributed by atoms with Gasteiger partial charge in [0, 0.05) is 19.4 Å². The lowest BCUT2D eigenvalue weighted by atomic mass is 10.1. The van der Waals surface area contributed by atoms with Crippen molar-refractivity contribution in [1.29, 1.82) is 0 Å². The van der Waals surface area contributed by atoms with E-state index in [4.69, 9.17) is 4.74 Å². The fourth-order valence-electron chi connectivity index (χ4n) is 2.65. The molecule has 3 aromatic rings. The highest BCUT2D eigenvalue weighted by molar-refractivity contribution is 9.10. The number of imidazole rings is 1. The van der Waals surface area contributed by atoms with Gasteiger partial charge in [-0.1, -0.05) is 12.1 Å². The van der Waals surface area contributed by atoms with Crippen LogP contribution in [-0.4, -0.2) is 25.1 Å². The first kappa shape index (κ1) is 19.5. The van der Waals surface area contributed by atoms with Crippen molar-refractivity contribution < 1.29 is 17.5 Å². The number of sulfonamides is 1. The van der Waals surface area contributed by atoms with Crippen LogP contribution in [0.3, 0.4) is 0 Å². The normalized spacial score (nSPS) is 12.7. The van der Waals surface area contributed by atoms with Gasteiger partial charge in [0.05, 0.1) is 16.5 Å². The predicted octanol–water partition coefficient (Wildman–Crippen LogP) is 3.40. The molecule has 1 unspecified atom stereocenters. The Balaban J connectivity index is 2.03. The SMILES string of the molecule is COc1ccc(S(=O)(=O)NC(c2cccc(F)c2)c2nccn2C)cc1Br. The Kier molecular flexibility index (Phi) is 5.64. The fraction of sp³-hybridized carbons (Fsp3) is 0.167. The van der Waals surface area contributed by atoms with Gasteiger partial charge in [0.25, 0.3) is 0 Å². The molecule has 0 saturated carbocycles. The quantitative estimate of drug-likeness (QED) is 0.620. The Bertz CT molecular complexity index is 1070. The molecule has 0 bridgehead atoms. The van der Waals surface area contributed by atoms with Crippen molar-refractivity contribution in [3.8, 4) is 5.75 Å². The summed E-state index contributed by atoms with van der Waals surface area (Å²) in [6.45, 7) is 0. The van der Waals surface area contributed by atoms with E-state index < -0.39 is 21.9 Å². The van der Waals surface area contributed by atoms with E-state index in [1.807, 2.05) is 0 Å². The second kappa shape index (κ2) is 7.79. The van der Waals surface area contributed by atoms with Crippen molar-refractivity contribution in [3.05, 3.63) is 76.5 Å². The molecule has 0 amide bonds. The highest BCUT2D eigenvalue weighted by Crippen LogP contribution is 2.29. The van der Waals surface area contributed by atoms with Crippen molar-refractivity contribution in [2.75, 3.05) is 7.11 Å². The van der Waals surface area contributed by atoms with Crippen LogP contribution in [0.1, 0.15) is 17.4 Å². The van der Waals surface area contributed by atoms with Crippen LogP contribution >= 0.6 is 15.9 Å². The fourth-order valence-corrected chi connectivity index (χ4v) is 4.55. The lowest BCUT2D eigenvalue weighted by molar-refractivity contribution is 0.411. The van der Waals surface area contributed by atoms with Gasteiger partial charge in [-0.2, -0.15) is 4.72 Å². The molecule has 2 aromatic carbocycles. The van der Waals surface area contributed by atoms with Gasteiger partial charge >= 0.3 is 0 Å². The molecular weight excluding hydrogens is 437 g/mol. The number of nitrogens with one attached hydrogen (secondary N) is 1. The Morgan fingerprint density at radius 3 is 2.63 bits per heavy atom. The van der Waals surface area contributed by atoms with Crippen LogP contribution in [0.25, 0.3) is 0 Å². The van der Waals surface area contributed by atoms with E-state index in [9.17, 15) is 12.8 Å². The third-order valence-electron chi connectivity index (χ3n) is 4.01. The molecule has 142 valence electrons. The largest absolute Gasteiger partial charge is 0.496 e. The standard InChI is InChI=1S/C18H17BrFN3O3S/c1-23-9-8-21-18(23)17(12-4-3-5-13(20)10-12)22-27(24,25)14-6-7-16(26-2)15(19)11-14/h3-11,17,22H,1-2H3. The van der Waals surface area contributed by atoms with Crippen molar-refractivity contribution in [2.24, 2.45) is 7.05 Å². The van der Waals surface area contributed by atoms with Crippen molar-refractivity contribution >= 4 is 26.0 Å². The zero-order valence-corrected chi connectivity index (χ0v) is 17.0. The minimum Gasteiger partial charge on any atom is -0.496 e. The summed E-state index contributed by atoms with van der Waals surface area (Å²) < 4.78 is 49.6. The van der Waals surface area contributed by atoms with Crippen molar-refractivity contribution in [3.63, 3.8) is 0 Å². The van der Waals surface area contributed by atoms with Gasteiger partial charge in [-0.15, -0.1) is 0 Å². The molecular formula is C18H17BrFN3O3S. The maximum Gasteiger partial charge on any atom is 0.241 e. The van der Waals surface area contributed by atoms with E-state index >= 15 is 0 Å². The Labute approximate surface area is 165 Å². The molecule has 0 aliphatic rings. The number of ether oxygens (including phenoxy) is 1. The molecule has 9 heteroatoms. The third kappa shape index (κ3) is 4.20. The zero-order chi connectivity index (χ0) is 19.6. The van der Waals surface area contributed by atoms with Crippen LogP contribution in [-0.2, 0) is 17.1 Å². The Morgan fingerprint density at radius 1 is 1.26 bits per heavy atom. The van der Waals surface area contributed by atoms with Crippen molar-refractivity contribution in [2.45, 2.75) is 10.9 Å². The molecule has 0 fully saturated rings. The van der Waals surface area contributed by atoms with Gasteiger partial charge < -0.3 is 9.30 Å². The molecule has 6 nitrogen and oxygen atoms in total. The third-order valence-corrected chi connectivity index (χ3v) is 6.05.